The lowest BCUT2D eigenvalue weighted by Gasteiger charge is -2.17. The summed E-state index contributed by atoms with van der Waals surface area (Å²) in [5.41, 5.74) is 5.82. The van der Waals surface area contributed by atoms with Crippen LogP contribution < -0.4 is 10.5 Å². The predicted octanol–water partition coefficient (Wildman–Crippen LogP) is 0.888. The number of anilines is 1. The highest BCUT2D eigenvalue weighted by Gasteiger charge is 2.25. The van der Waals surface area contributed by atoms with Crippen molar-refractivity contribution in [2.75, 3.05) is 24.4 Å². The first-order valence-electron chi connectivity index (χ1n) is 6.29. The Morgan fingerprint density at radius 3 is 2.70 bits per heavy atom. The Bertz CT molecular complexity index is 643. The molecule has 0 atom stereocenters. The standard InChI is InChI=1S/C13H16FN3O2S/c14-12-5-6-13(11(10-12)4-3-7-15)16-20(18,19)17-8-1-2-9-17/h5-6,10,16H,1-2,7-9,15H2. The van der Waals surface area contributed by atoms with E-state index < -0.39 is 16.0 Å². The first kappa shape index (κ1) is 14.8. The summed E-state index contributed by atoms with van der Waals surface area (Å²) in [6.07, 6.45) is 1.70. The molecule has 3 N–H and O–H groups in total. The molecule has 0 saturated carbocycles. The van der Waals surface area contributed by atoms with Crippen molar-refractivity contribution in [1.82, 2.24) is 4.31 Å². The average molecular weight is 297 g/mol. The number of nitrogens with two attached hydrogens (primary N) is 1. The van der Waals surface area contributed by atoms with Crippen molar-refractivity contribution in [1.29, 1.82) is 0 Å². The third kappa shape index (κ3) is 3.48. The van der Waals surface area contributed by atoms with Crippen LogP contribution in [0.2, 0.25) is 0 Å². The van der Waals surface area contributed by atoms with Crippen LogP contribution in [-0.2, 0) is 10.2 Å². The molecule has 0 aromatic heterocycles. The largest absolute Gasteiger partial charge is 0.320 e. The molecule has 1 aromatic rings. The molecule has 1 aliphatic rings. The van der Waals surface area contributed by atoms with Gasteiger partial charge in [0.1, 0.15) is 5.82 Å². The van der Waals surface area contributed by atoms with Crippen LogP contribution >= 0.6 is 0 Å². The van der Waals surface area contributed by atoms with E-state index in [4.69, 9.17) is 5.73 Å². The predicted molar refractivity (Wildman–Crippen MR) is 75.7 cm³/mol. The van der Waals surface area contributed by atoms with Crippen molar-refractivity contribution in [2.24, 2.45) is 5.73 Å². The summed E-state index contributed by atoms with van der Waals surface area (Å²) in [5, 5.41) is 0. The van der Waals surface area contributed by atoms with Crippen LogP contribution in [0.15, 0.2) is 18.2 Å². The highest BCUT2D eigenvalue weighted by atomic mass is 32.2. The van der Waals surface area contributed by atoms with Crippen molar-refractivity contribution in [2.45, 2.75) is 12.8 Å². The quantitative estimate of drug-likeness (QED) is 0.814. The SMILES string of the molecule is NCC#Cc1cc(F)ccc1NS(=O)(=O)N1CCCC1. The van der Waals surface area contributed by atoms with Gasteiger partial charge in [0, 0.05) is 13.1 Å². The molecule has 0 aliphatic carbocycles. The van der Waals surface area contributed by atoms with Crippen molar-refractivity contribution in [3.8, 4) is 11.8 Å². The van der Waals surface area contributed by atoms with Crippen molar-refractivity contribution < 1.29 is 12.8 Å². The molecule has 1 aliphatic heterocycles. The van der Waals surface area contributed by atoms with E-state index in [0.717, 1.165) is 12.8 Å². The van der Waals surface area contributed by atoms with Crippen molar-refractivity contribution in [3.63, 3.8) is 0 Å². The Hall–Kier alpha value is -1.62. The van der Waals surface area contributed by atoms with Gasteiger partial charge in [-0.05, 0) is 31.0 Å². The third-order valence-electron chi connectivity index (χ3n) is 2.95. The second kappa shape index (κ2) is 6.22. The first-order chi connectivity index (χ1) is 9.53. The molecule has 5 nitrogen and oxygen atoms in total. The van der Waals surface area contributed by atoms with E-state index in [1.165, 1.54) is 22.5 Å². The Morgan fingerprint density at radius 1 is 1.35 bits per heavy atom. The molecule has 0 amide bonds. The lowest BCUT2D eigenvalue weighted by Crippen LogP contribution is -2.33. The zero-order valence-corrected chi connectivity index (χ0v) is 11.7. The normalized spacial score (nSPS) is 15.7. The van der Waals surface area contributed by atoms with Gasteiger partial charge in [-0.1, -0.05) is 11.8 Å². The van der Waals surface area contributed by atoms with Gasteiger partial charge >= 0.3 is 10.2 Å². The minimum atomic E-state index is -3.61. The number of benzene rings is 1. The Kier molecular flexibility index (Phi) is 4.60. The molecule has 1 fully saturated rings. The Morgan fingerprint density at radius 2 is 2.05 bits per heavy atom. The van der Waals surface area contributed by atoms with Gasteiger partial charge < -0.3 is 5.73 Å². The summed E-state index contributed by atoms with van der Waals surface area (Å²) in [7, 11) is -3.61. The summed E-state index contributed by atoms with van der Waals surface area (Å²) in [6.45, 7) is 1.12. The molecule has 7 heteroatoms. The third-order valence-corrected chi connectivity index (χ3v) is 4.47. The molecule has 2 rings (SSSR count). The summed E-state index contributed by atoms with van der Waals surface area (Å²) in [4.78, 5) is 0. The molecule has 0 bridgehead atoms. The fraction of sp³-hybridized carbons (Fsp3) is 0.385. The molecule has 108 valence electrons. The Balaban J connectivity index is 2.28. The van der Waals surface area contributed by atoms with E-state index in [1.54, 1.807) is 0 Å². The van der Waals surface area contributed by atoms with Gasteiger partial charge in [-0.2, -0.15) is 12.7 Å². The number of halogens is 1. The molecule has 1 saturated heterocycles. The molecular weight excluding hydrogens is 281 g/mol. The molecule has 1 aromatic carbocycles. The topological polar surface area (TPSA) is 75.4 Å². The van der Waals surface area contributed by atoms with Crippen LogP contribution in [-0.4, -0.2) is 32.4 Å². The van der Waals surface area contributed by atoms with Gasteiger partial charge in [-0.3, -0.25) is 4.72 Å². The molecule has 1 heterocycles. The first-order valence-corrected chi connectivity index (χ1v) is 7.73. The maximum absolute atomic E-state index is 13.2. The zero-order chi connectivity index (χ0) is 14.6. The summed E-state index contributed by atoms with van der Waals surface area (Å²) >= 11 is 0. The molecule has 0 radical (unpaired) electrons. The smallest absolute Gasteiger partial charge is 0.301 e. The summed E-state index contributed by atoms with van der Waals surface area (Å²) < 4.78 is 41.4. The van der Waals surface area contributed by atoms with Gasteiger partial charge in [0.05, 0.1) is 17.8 Å². The average Bonchev–Trinajstić information content (AvgIpc) is 2.93. The molecule has 20 heavy (non-hydrogen) atoms. The second-order valence-corrected chi connectivity index (χ2v) is 6.08. The fourth-order valence-electron chi connectivity index (χ4n) is 1.99. The highest BCUT2D eigenvalue weighted by molar-refractivity contribution is 7.90. The summed E-state index contributed by atoms with van der Waals surface area (Å²) in [6, 6.07) is 3.74. The molecule has 0 spiro atoms. The van der Waals surface area contributed by atoms with E-state index in [2.05, 4.69) is 16.6 Å². The maximum atomic E-state index is 13.2. The van der Waals surface area contributed by atoms with Gasteiger partial charge in [0.25, 0.3) is 0 Å². The summed E-state index contributed by atoms with van der Waals surface area (Å²) in [5.74, 6) is 4.78. The number of hydrogen-bond donors (Lipinski definition) is 2. The lowest BCUT2D eigenvalue weighted by atomic mass is 10.2. The molecular formula is C13H16FN3O2S. The fourth-order valence-corrected chi connectivity index (χ4v) is 3.31. The van der Waals surface area contributed by atoms with Crippen LogP contribution in [0.4, 0.5) is 10.1 Å². The van der Waals surface area contributed by atoms with Gasteiger partial charge in [-0.25, -0.2) is 4.39 Å². The minimum absolute atomic E-state index is 0.120. The van der Waals surface area contributed by atoms with Crippen LogP contribution in [0.25, 0.3) is 0 Å². The van der Waals surface area contributed by atoms with Crippen LogP contribution in [0.1, 0.15) is 18.4 Å². The van der Waals surface area contributed by atoms with E-state index >= 15 is 0 Å². The van der Waals surface area contributed by atoms with Gasteiger partial charge in [0.15, 0.2) is 0 Å². The van der Waals surface area contributed by atoms with Crippen molar-refractivity contribution >= 4 is 15.9 Å². The van der Waals surface area contributed by atoms with Crippen LogP contribution in [0.3, 0.4) is 0 Å². The number of nitrogens with zero attached hydrogens (tertiary/aromatic N) is 1. The van der Waals surface area contributed by atoms with E-state index in [0.29, 0.717) is 13.1 Å². The second-order valence-electron chi connectivity index (χ2n) is 4.41. The van der Waals surface area contributed by atoms with Crippen molar-refractivity contribution in [3.05, 3.63) is 29.6 Å². The Labute approximate surface area is 118 Å². The van der Waals surface area contributed by atoms with E-state index in [1.807, 2.05) is 0 Å². The van der Waals surface area contributed by atoms with Crippen LogP contribution in [0, 0.1) is 17.7 Å². The lowest BCUT2D eigenvalue weighted by molar-refractivity contribution is 0.482. The number of hydrogen-bond acceptors (Lipinski definition) is 3. The van der Waals surface area contributed by atoms with Gasteiger partial charge in [-0.15, -0.1) is 0 Å². The minimum Gasteiger partial charge on any atom is -0.320 e. The van der Waals surface area contributed by atoms with Crippen LogP contribution in [0.5, 0.6) is 0 Å². The highest BCUT2D eigenvalue weighted by Crippen LogP contribution is 2.20. The van der Waals surface area contributed by atoms with Gasteiger partial charge in [0.2, 0.25) is 0 Å². The number of rotatable bonds is 3. The maximum Gasteiger partial charge on any atom is 0.301 e. The zero-order valence-electron chi connectivity index (χ0n) is 10.9. The molecule has 0 unspecified atom stereocenters. The van der Waals surface area contributed by atoms with E-state index in [9.17, 15) is 12.8 Å². The monoisotopic (exact) mass is 297 g/mol. The van der Waals surface area contributed by atoms with E-state index in [-0.39, 0.29) is 17.8 Å². The number of nitrogens with one attached hydrogen (secondary N) is 1.